The van der Waals surface area contributed by atoms with Gasteiger partial charge < -0.3 is 9.80 Å². The highest BCUT2D eigenvalue weighted by atomic mass is 32.1. The zero-order chi connectivity index (χ0) is 19.3. The van der Waals surface area contributed by atoms with E-state index in [0.29, 0.717) is 13.0 Å². The fourth-order valence-electron chi connectivity index (χ4n) is 3.74. The topological polar surface area (TPSA) is 49.3 Å². The molecule has 146 valence electrons. The van der Waals surface area contributed by atoms with Crippen molar-refractivity contribution in [1.82, 2.24) is 14.9 Å². The van der Waals surface area contributed by atoms with Crippen LogP contribution in [0.2, 0.25) is 0 Å². The van der Waals surface area contributed by atoms with E-state index in [2.05, 4.69) is 33.1 Å². The van der Waals surface area contributed by atoms with E-state index in [4.69, 9.17) is 0 Å². The average Bonchev–Trinajstić information content (AvgIpc) is 2.99. The normalized spacial score (nSPS) is 14.8. The molecule has 1 saturated heterocycles. The highest BCUT2D eigenvalue weighted by molar-refractivity contribution is 7.21. The third-order valence-electron chi connectivity index (χ3n) is 5.35. The Morgan fingerprint density at radius 2 is 1.86 bits per heavy atom. The molecule has 1 fully saturated rings. The van der Waals surface area contributed by atoms with Gasteiger partial charge in [-0.3, -0.25) is 4.79 Å². The Kier molecular flexibility index (Phi) is 5.86. The van der Waals surface area contributed by atoms with Gasteiger partial charge in [0.05, 0.1) is 5.39 Å². The summed E-state index contributed by atoms with van der Waals surface area (Å²) < 4.78 is 0. The summed E-state index contributed by atoms with van der Waals surface area (Å²) in [6.07, 6.45) is 6.89. The van der Waals surface area contributed by atoms with E-state index in [1.165, 1.54) is 23.3 Å². The van der Waals surface area contributed by atoms with Crippen molar-refractivity contribution in [2.24, 2.45) is 0 Å². The largest absolute Gasteiger partial charge is 0.359 e. The van der Waals surface area contributed by atoms with Gasteiger partial charge in [0.25, 0.3) is 0 Å². The number of amides is 1. The second-order valence-electron chi connectivity index (χ2n) is 7.36. The number of carbonyl (C=O) groups is 1. The molecule has 1 aliphatic rings. The van der Waals surface area contributed by atoms with Crippen LogP contribution >= 0.6 is 11.3 Å². The summed E-state index contributed by atoms with van der Waals surface area (Å²) >= 11 is 1.68. The van der Waals surface area contributed by atoms with Gasteiger partial charge in [0, 0.05) is 38.0 Å². The van der Waals surface area contributed by atoms with Crippen molar-refractivity contribution in [1.29, 1.82) is 0 Å². The summed E-state index contributed by atoms with van der Waals surface area (Å²) in [5.74, 6) is 1.15. The van der Waals surface area contributed by atoms with E-state index in [0.717, 1.165) is 42.0 Å². The van der Waals surface area contributed by atoms with E-state index >= 15 is 0 Å². The number of benzene rings is 1. The lowest BCUT2D eigenvalue weighted by Gasteiger charge is -2.23. The molecule has 5 nitrogen and oxygen atoms in total. The zero-order valence-electron chi connectivity index (χ0n) is 16.3. The molecule has 28 heavy (non-hydrogen) atoms. The maximum atomic E-state index is 12.6. The zero-order valence-corrected chi connectivity index (χ0v) is 17.1. The van der Waals surface area contributed by atoms with Gasteiger partial charge in [-0.25, -0.2) is 9.97 Å². The van der Waals surface area contributed by atoms with Gasteiger partial charge in [-0.15, -0.1) is 11.3 Å². The third kappa shape index (κ3) is 4.17. The molecular weight excluding hydrogens is 368 g/mol. The monoisotopic (exact) mass is 394 g/mol. The van der Waals surface area contributed by atoms with Crippen molar-refractivity contribution in [3.05, 3.63) is 42.7 Å². The van der Waals surface area contributed by atoms with Gasteiger partial charge >= 0.3 is 0 Å². The summed E-state index contributed by atoms with van der Waals surface area (Å²) in [6, 6.07) is 12.5. The molecule has 0 spiro atoms. The van der Waals surface area contributed by atoms with Crippen molar-refractivity contribution in [2.45, 2.75) is 32.1 Å². The van der Waals surface area contributed by atoms with Crippen molar-refractivity contribution >= 4 is 33.3 Å². The number of thiophene rings is 1. The van der Waals surface area contributed by atoms with Gasteiger partial charge in [0.15, 0.2) is 0 Å². The first-order chi connectivity index (χ1) is 13.7. The lowest BCUT2D eigenvalue weighted by atomic mass is 10.2. The van der Waals surface area contributed by atoms with Crippen LogP contribution in [0.25, 0.3) is 20.7 Å². The number of carbonyl (C=O) groups excluding carboxylic acids is 1. The predicted octanol–water partition coefficient (Wildman–Crippen LogP) is 4.59. The summed E-state index contributed by atoms with van der Waals surface area (Å²) in [6.45, 7) is 2.48. The molecule has 2 aromatic heterocycles. The lowest BCUT2D eigenvalue weighted by molar-refractivity contribution is -0.130. The quantitative estimate of drug-likeness (QED) is 0.635. The Hall–Kier alpha value is -2.47. The standard InChI is InChI=1S/C22H26N4OS/c1-25(14-11-20(27)26-12-7-2-3-8-13-26)21-18-15-19(17-9-5-4-6-10-17)28-22(18)24-16-23-21/h4-6,9-10,15-16H,2-3,7-8,11-14H2,1H3. The Labute approximate surface area is 170 Å². The van der Waals surface area contributed by atoms with Crippen molar-refractivity contribution in [3.63, 3.8) is 0 Å². The first-order valence-electron chi connectivity index (χ1n) is 10.0. The van der Waals surface area contributed by atoms with Crippen LogP contribution in [-0.4, -0.2) is 47.5 Å². The van der Waals surface area contributed by atoms with Crippen LogP contribution in [0.5, 0.6) is 0 Å². The molecule has 0 unspecified atom stereocenters. The number of rotatable bonds is 5. The number of aromatic nitrogens is 2. The molecule has 6 heteroatoms. The summed E-state index contributed by atoms with van der Waals surface area (Å²) in [5, 5.41) is 1.05. The highest BCUT2D eigenvalue weighted by Crippen LogP contribution is 2.35. The van der Waals surface area contributed by atoms with Crippen LogP contribution in [0, 0.1) is 0 Å². The molecular formula is C22H26N4OS. The highest BCUT2D eigenvalue weighted by Gasteiger charge is 2.18. The molecule has 0 atom stereocenters. The molecule has 1 aliphatic heterocycles. The minimum absolute atomic E-state index is 0.259. The number of anilines is 1. The van der Waals surface area contributed by atoms with Crippen LogP contribution in [-0.2, 0) is 4.79 Å². The molecule has 0 saturated carbocycles. The van der Waals surface area contributed by atoms with Gasteiger partial charge in [-0.1, -0.05) is 43.2 Å². The van der Waals surface area contributed by atoms with Crippen molar-refractivity contribution < 1.29 is 4.79 Å². The first kappa shape index (κ1) is 18.9. The predicted molar refractivity (Wildman–Crippen MR) is 116 cm³/mol. The van der Waals surface area contributed by atoms with Crippen molar-refractivity contribution in [3.8, 4) is 10.4 Å². The fourth-order valence-corrected chi connectivity index (χ4v) is 4.74. The smallest absolute Gasteiger partial charge is 0.224 e. The molecule has 3 heterocycles. The van der Waals surface area contributed by atoms with Crippen LogP contribution in [0.4, 0.5) is 5.82 Å². The number of nitrogens with zero attached hydrogens (tertiary/aromatic N) is 4. The maximum Gasteiger partial charge on any atom is 0.224 e. The Morgan fingerprint density at radius 3 is 2.61 bits per heavy atom. The summed E-state index contributed by atoms with van der Waals surface area (Å²) in [7, 11) is 2.01. The summed E-state index contributed by atoms with van der Waals surface area (Å²) in [5.41, 5.74) is 1.19. The second-order valence-corrected chi connectivity index (χ2v) is 8.39. The average molecular weight is 395 g/mol. The van der Waals surface area contributed by atoms with E-state index in [1.54, 1.807) is 17.7 Å². The maximum absolute atomic E-state index is 12.6. The Balaban J connectivity index is 1.48. The minimum Gasteiger partial charge on any atom is -0.359 e. The Morgan fingerprint density at radius 1 is 1.11 bits per heavy atom. The van der Waals surface area contributed by atoms with Crippen LogP contribution in [0.15, 0.2) is 42.7 Å². The van der Waals surface area contributed by atoms with E-state index < -0.39 is 0 Å². The number of hydrogen-bond donors (Lipinski definition) is 0. The molecule has 3 aromatic rings. The van der Waals surface area contributed by atoms with E-state index in [1.807, 2.05) is 30.1 Å². The van der Waals surface area contributed by atoms with Crippen LogP contribution < -0.4 is 4.90 Å². The first-order valence-corrected chi connectivity index (χ1v) is 10.8. The molecule has 1 amide bonds. The molecule has 0 N–H and O–H groups in total. The summed E-state index contributed by atoms with van der Waals surface area (Å²) in [4.78, 5) is 27.9. The number of fused-ring (bicyclic) bond motifs is 1. The van der Waals surface area contributed by atoms with E-state index in [9.17, 15) is 4.79 Å². The van der Waals surface area contributed by atoms with Gasteiger partial charge in [0.2, 0.25) is 5.91 Å². The number of hydrogen-bond acceptors (Lipinski definition) is 5. The van der Waals surface area contributed by atoms with Gasteiger partial charge in [0.1, 0.15) is 17.0 Å². The molecule has 1 aromatic carbocycles. The molecule has 0 radical (unpaired) electrons. The lowest BCUT2D eigenvalue weighted by Crippen LogP contribution is -2.34. The second kappa shape index (κ2) is 8.69. The van der Waals surface area contributed by atoms with Crippen molar-refractivity contribution in [2.75, 3.05) is 31.6 Å². The Bertz CT molecular complexity index is 932. The van der Waals surface area contributed by atoms with Crippen LogP contribution in [0.1, 0.15) is 32.1 Å². The SMILES string of the molecule is CN(CCC(=O)N1CCCCCC1)c1ncnc2sc(-c3ccccc3)cc12. The van der Waals surface area contributed by atoms with E-state index in [-0.39, 0.29) is 5.91 Å². The van der Waals surface area contributed by atoms with Gasteiger partial charge in [-0.2, -0.15) is 0 Å². The van der Waals surface area contributed by atoms with Crippen LogP contribution in [0.3, 0.4) is 0 Å². The fraction of sp³-hybridized carbons (Fsp3) is 0.409. The van der Waals surface area contributed by atoms with Gasteiger partial charge in [-0.05, 0) is 24.5 Å². The minimum atomic E-state index is 0.259. The number of likely N-dealkylation sites (tertiary alicyclic amines) is 1. The third-order valence-corrected chi connectivity index (χ3v) is 6.44. The molecule has 0 bridgehead atoms. The molecule has 0 aliphatic carbocycles. The molecule has 4 rings (SSSR count).